The van der Waals surface area contributed by atoms with Gasteiger partial charge in [0.2, 0.25) is 11.8 Å². The molecule has 0 heterocycles. The van der Waals surface area contributed by atoms with Gasteiger partial charge in [0.15, 0.2) is 5.11 Å². The van der Waals surface area contributed by atoms with E-state index in [1.807, 2.05) is 67.6 Å². The number of thiocarbonyl (C=S) groups is 1. The van der Waals surface area contributed by atoms with E-state index in [1.165, 1.54) is 0 Å². The zero-order valence-corrected chi connectivity index (χ0v) is 18.1. The van der Waals surface area contributed by atoms with Gasteiger partial charge >= 0.3 is 0 Å². The van der Waals surface area contributed by atoms with E-state index in [9.17, 15) is 9.59 Å². The molecule has 0 saturated heterocycles. The highest BCUT2D eigenvalue weighted by atomic mass is 32.1. The summed E-state index contributed by atoms with van der Waals surface area (Å²) in [6, 6.07) is 26.4. The number of rotatable bonds is 7. The molecule has 0 aliphatic heterocycles. The van der Waals surface area contributed by atoms with Crippen molar-refractivity contribution in [1.29, 1.82) is 0 Å². The van der Waals surface area contributed by atoms with Crippen LogP contribution < -0.4 is 16.0 Å². The van der Waals surface area contributed by atoms with Gasteiger partial charge in [-0.15, -0.1) is 0 Å². The second-order valence-corrected chi connectivity index (χ2v) is 7.48. The standard InChI is InChI=1S/C25H25N3O2S/c1-2-9-22(29)26-20-14-16-21(17-15-20)27-25(31)28-24(30)23(18-10-5-3-6-11-18)19-12-7-4-8-13-19/h3-8,10-17,23H,2,9H2,1H3,(H,26,29)(H2,27,28,30,31). The number of carbonyl (C=O) groups is 2. The molecule has 0 spiro atoms. The molecule has 31 heavy (non-hydrogen) atoms. The van der Waals surface area contributed by atoms with Crippen LogP contribution in [0.25, 0.3) is 0 Å². The molecule has 3 rings (SSSR count). The molecule has 2 amide bonds. The molecule has 3 aromatic carbocycles. The van der Waals surface area contributed by atoms with Crippen LogP contribution in [0.3, 0.4) is 0 Å². The van der Waals surface area contributed by atoms with Crippen molar-refractivity contribution in [2.24, 2.45) is 0 Å². The van der Waals surface area contributed by atoms with Crippen molar-refractivity contribution in [2.75, 3.05) is 10.6 Å². The molecule has 0 radical (unpaired) electrons. The predicted molar refractivity (Wildman–Crippen MR) is 129 cm³/mol. The molecule has 0 bridgehead atoms. The van der Waals surface area contributed by atoms with Crippen LogP contribution in [0.1, 0.15) is 36.8 Å². The second kappa shape index (κ2) is 11.0. The zero-order chi connectivity index (χ0) is 22.1. The average molecular weight is 432 g/mol. The first-order valence-electron chi connectivity index (χ1n) is 10.2. The quantitative estimate of drug-likeness (QED) is 0.457. The maximum absolute atomic E-state index is 13.1. The molecular formula is C25H25N3O2S. The zero-order valence-electron chi connectivity index (χ0n) is 17.3. The van der Waals surface area contributed by atoms with Crippen molar-refractivity contribution in [3.05, 3.63) is 96.1 Å². The molecule has 0 saturated carbocycles. The lowest BCUT2D eigenvalue weighted by Crippen LogP contribution is -2.37. The lowest BCUT2D eigenvalue weighted by molar-refractivity contribution is -0.120. The number of nitrogens with one attached hydrogen (secondary N) is 3. The Labute approximate surface area is 187 Å². The maximum Gasteiger partial charge on any atom is 0.238 e. The molecule has 3 N–H and O–H groups in total. The van der Waals surface area contributed by atoms with Gasteiger partial charge in [0.05, 0.1) is 5.92 Å². The van der Waals surface area contributed by atoms with Crippen LogP contribution in [-0.2, 0) is 9.59 Å². The normalized spacial score (nSPS) is 10.4. The van der Waals surface area contributed by atoms with Crippen molar-refractivity contribution in [2.45, 2.75) is 25.7 Å². The van der Waals surface area contributed by atoms with E-state index in [4.69, 9.17) is 12.2 Å². The fraction of sp³-hybridized carbons (Fsp3) is 0.160. The Kier molecular flexibility index (Phi) is 7.90. The average Bonchev–Trinajstić information content (AvgIpc) is 2.77. The van der Waals surface area contributed by atoms with Gasteiger partial charge in [0.25, 0.3) is 0 Å². The molecule has 0 aromatic heterocycles. The lowest BCUT2D eigenvalue weighted by atomic mass is 9.90. The van der Waals surface area contributed by atoms with Gasteiger partial charge in [0, 0.05) is 17.8 Å². The van der Waals surface area contributed by atoms with Gasteiger partial charge < -0.3 is 16.0 Å². The fourth-order valence-corrected chi connectivity index (χ4v) is 3.44. The van der Waals surface area contributed by atoms with Crippen LogP contribution >= 0.6 is 12.2 Å². The molecule has 0 aliphatic rings. The number of anilines is 2. The summed E-state index contributed by atoms with van der Waals surface area (Å²) in [5.74, 6) is -0.699. The van der Waals surface area contributed by atoms with E-state index in [-0.39, 0.29) is 16.9 Å². The van der Waals surface area contributed by atoms with Gasteiger partial charge in [0.1, 0.15) is 0 Å². The Morgan fingerprint density at radius 2 is 1.26 bits per heavy atom. The Morgan fingerprint density at radius 3 is 1.74 bits per heavy atom. The number of amides is 2. The van der Waals surface area contributed by atoms with E-state index < -0.39 is 5.92 Å². The smallest absolute Gasteiger partial charge is 0.238 e. The predicted octanol–water partition coefficient (Wildman–Crippen LogP) is 5.07. The molecule has 6 heteroatoms. The van der Waals surface area contributed by atoms with E-state index >= 15 is 0 Å². The number of hydrogen-bond acceptors (Lipinski definition) is 3. The lowest BCUT2D eigenvalue weighted by Gasteiger charge is -2.18. The molecule has 3 aromatic rings. The fourth-order valence-electron chi connectivity index (χ4n) is 3.22. The summed E-state index contributed by atoms with van der Waals surface area (Å²) < 4.78 is 0. The summed E-state index contributed by atoms with van der Waals surface area (Å²) >= 11 is 5.36. The number of hydrogen-bond donors (Lipinski definition) is 3. The summed E-state index contributed by atoms with van der Waals surface area (Å²) in [6.07, 6.45) is 1.28. The molecular weight excluding hydrogens is 406 g/mol. The highest BCUT2D eigenvalue weighted by Crippen LogP contribution is 2.24. The Bertz CT molecular complexity index is 982. The van der Waals surface area contributed by atoms with Crippen molar-refractivity contribution >= 4 is 40.5 Å². The minimum absolute atomic E-state index is 0.0149. The van der Waals surface area contributed by atoms with Crippen LogP contribution in [0, 0.1) is 0 Å². The van der Waals surface area contributed by atoms with E-state index in [0.29, 0.717) is 12.1 Å². The van der Waals surface area contributed by atoms with Gasteiger partial charge in [-0.1, -0.05) is 67.6 Å². The molecule has 5 nitrogen and oxygen atoms in total. The highest BCUT2D eigenvalue weighted by molar-refractivity contribution is 7.80. The third kappa shape index (κ3) is 6.49. The van der Waals surface area contributed by atoms with Crippen molar-refractivity contribution in [1.82, 2.24) is 5.32 Å². The summed E-state index contributed by atoms with van der Waals surface area (Å²) in [6.45, 7) is 1.96. The van der Waals surface area contributed by atoms with E-state index in [0.717, 1.165) is 23.2 Å². The first kappa shape index (κ1) is 22.2. The van der Waals surface area contributed by atoms with E-state index in [1.54, 1.807) is 24.3 Å². The summed E-state index contributed by atoms with van der Waals surface area (Å²) in [7, 11) is 0. The van der Waals surface area contributed by atoms with Crippen molar-refractivity contribution < 1.29 is 9.59 Å². The van der Waals surface area contributed by atoms with Crippen LogP contribution in [-0.4, -0.2) is 16.9 Å². The number of carbonyl (C=O) groups excluding carboxylic acids is 2. The third-order valence-corrected chi connectivity index (χ3v) is 4.87. The minimum atomic E-state index is -0.474. The van der Waals surface area contributed by atoms with Crippen LogP contribution in [0.5, 0.6) is 0 Å². The van der Waals surface area contributed by atoms with Crippen LogP contribution in [0.2, 0.25) is 0 Å². The van der Waals surface area contributed by atoms with Gasteiger partial charge in [-0.2, -0.15) is 0 Å². The number of benzene rings is 3. The van der Waals surface area contributed by atoms with Gasteiger partial charge in [-0.3, -0.25) is 9.59 Å². The van der Waals surface area contributed by atoms with E-state index in [2.05, 4.69) is 16.0 Å². The topological polar surface area (TPSA) is 70.2 Å². The second-order valence-electron chi connectivity index (χ2n) is 7.07. The van der Waals surface area contributed by atoms with Crippen molar-refractivity contribution in [3.8, 4) is 0 Å². The molecule has 0 aliphatic carbocycles. The summed E-state index contributed by atoms with van der Waals surface area (Å²) in [5, 5.41) is 8.87. The van der Waals surface area contributed by atoms with Crippen LogP contribution in [0.4, 0.5) is 11.4 Å². The highest BCUT2D eigenvalue weighted by Gasteiger charge is 2.23. The van der Waals surface area contributed by atoms with Gasteiger partial charge in [-0.25, -0.2) is 0 Å². The summed E-state index contributed by atoms with van der Waals surface area (Å²) in [4.78, 5) is 24.8. The molecule has 158 valence electrons. The third-order valence-electron chi connectivity index (χ3n) is 4.67. The van der Waals surface area contributed by atoms with Gasteiger partial charge in [-0.05, 0) is 54.0 Å². The monoisotopic (exact) mass is 431 g/mol. The van der Waals surface area contributed by atoms with Crippen molar-refractivity contribution in [3.63, 3.8) is 0 Å². The first-order valence-corrected chi connectivity index (χ1v) is 10.6. The Morgan fingerprint density at radius 1 is 0.774 bits per heavy atom. The molecule has 0 atom stereocenters. The first-order chi connectivity index (χ1) is 15.1. The van der Waals surface area contributed by atoms with Crippen LogP contribution in [0.15, 0.2) is 84.9 Å². The molecule has 0 fully saturated rings. The summed E-state index contributed by atoms with van der Waals surface area (Å²) in [5.41, 5.74) is 3.21. The largest absolute Gasteiger partial charge is 0.332 e. The Balaban J connectivity index is 1.66. The maximum atomic E-state index is 13.1. The minimum Gasteiger partial charge on any atom is -0.332 e. The Hall–Kier alpha value is -3.51. The SMILES string of the molecule is CCCC(=O)Nc1ccc(NC(=S)NC(=O)C(c2ccccc2)c2ccccc2)cc1. The molecule has 0 unspecified atom stereocenters.